The molecule has 1 heterocycles. The lowest BCUT2D eigenvalue weighted by molar-refractivity contribution is -0.125. The fourth-order valence-electron chi connectivity index (χ4n) is 2.20. The summed E-state index contributed by atoms with van der Waals surface area (Å²) in [6, 6.07) is 7.22. The van der Waals surface area contributed by atoms with Crippen LogP contribution in [0.15, 0.2) is 18.2 Å². The number of benzene rings is 1. The average Bonchev–Trinajstić information content (AvgIpc) is 2.73. The summed E-state index contributed by atoms with van der Waals surface area (Å²) in [6.45, 7) is 3.17. The molecule has 0 bridgehead atoms. The first-order valence-corrected chi connectivity index (χ1v) is 6.08. The van der Waals surface area contributed by atoms with Crippen molar-refractivity contribution in [2.75, 3.05) is 18.0 Å². The van der Waals surface area contributed by atoms with E-state index in [1.807, 2.05) is 24.0 Å². The SMILES string of the molecule is CC1(C(N)=O)CCN(c2ccc(C#N)cc2Cl)C1. The van der Waals surface area contributed by atoms with Crippen LogP contribution in [0.25, 0.3) is 0 Å². The zero-order valence-corrected chi connectivity index (χ0v) is 10.9. The van der Waals surface area contributed by atoms with Crippen LogP contribution < -0.4 is 10.6 Å². The summed E-state index contributed by atoms with van der Waals surface area (Å²) >= 11 is 6.15. The maximum atomic E-state index is 11.4. The number of halogens is 1. The van der Waals surface area contributed by atoms with Crippen molar-refractivity contribution >= 4 is 23.2 Å². The molecule has 1 unspecified atom stereocenters. The van der Waals surface area contributed by atoms with Gasteiger partial charge in [0.25, 0.3) is 0 Å². The number of carbonyl (C=O) groups is 1. The number of primary amides is 1. The van der Waals surface area contributed by atoms with Crippen LogP contribution in [0.4, 0.5) is 5.69 Å². The number of anilines is 1. The lowest BCUT2D eigenvalue weighted by atomic mass is 9.89. The summed E-state index contributed by atoms with van der Waals surface area (Å²) < 4.78 is 0. The Kier molecular flexibility index (Phi) is 3.18. The van der Waals surface area contributed by atoms with Crippen LogP contribution in [0.3, 0.4) is 0 Å². The highest BCUT2D eigenvalue weighted by Crippen LogP contribution is 2.36. The number of carbonyl (C=O) groups excluding carboxylic acids is 1. The van der Waals surface area contributed by atoms with E-state index in [1.165, 1.54) is 0 Å². The van der Waals surface area contributed by atoms with Gasteiger partial charge in [0.1, 0.15) is 0 Å². The molecule has 1 aliphatic rings. The predicted octanol–water partition coefficient (Wildman–Crippen LogP) is 1.91. The molecule has 1 aromatic carbocycles. The molecular weight excluding hydrogens is 250 g/mol. The van der Waals surface area contributed by atoms with E-state index in [2.05, 4.69) is 0 Å². The molecule has 18 heavy (non-hydrogen) atoms. The van der Waals surface area contributed by atoms with Crippen molar-refractivity contribution in [1.82, 2.24) is 0 Å². The molecule has 2 rings (SSSR count). The van der Waals surface area contributed by atoms with Crippen molar-refractivity contribution < 1.29 is 4.79 Å². The third-order valence-electron chi connectivity index (χ3n) is 3.49. The minimum atomic E-state index is -0.503. The van der Waals surface area contributed by atoms with Gasteiger partial charge < -0.3 is 10.6 Å². The normalized spacial score (nSPS) is 22.8. The smallest absolute Gasteiger partial charge is 0.225 e. The van der Waals surface area contributed by atoms with Crippen molar-refractivity contribution in [3.05, 3.63) is 28.8 Å². The minimum absolute atomic E-state index is 0.283. The van der Waals surface area contributed by atoms with Crippen LogP contribution >= 0.6 is 11.6 Å². The second-order valence-electron chi connectivity index (χ2n) is 4.87. The third-order valence-corrected chi connectivity index (χ3v) is 3.79. The Hall–Kier alpha value is -1.73. The summed E-state index contributed by atoms with van der Waals surface area (Å²) in [4.78, 5) is 13.4. The standard InChI is InChI=1S/C13H14ClN3O/c1-13(12(16)18)4-5-17(8-13)11-3-2-9(7-15)6-10(11)14/h2-3,6H,4-5,8H2,1H3,(H2,16,18). The molecule has 0 aromatic heterocycles. The molecule has 1 saturated heterocycles. The van der Waals surface area contributed by atoms with Gasteiger partial charge in [-0.25, -0.2) is 0 Å². The Bertz CT molecular complexity index is 538. The first kappa shape index (κ1) is 12.7. The lowest BCUT2D eigenvalue weighted by Gasteiger charge is -2.23. The van der Waals surface area contributed by atoms with E-state index in [0.717, 1.165) is 18.7 Å². The number of rotatable bonds is 2. The molecular formula is C13H14ClN3O. The van der Waals surface area contributed by atoms with E-state index >= 15 is 0 Å². The summed E-state index contributed by atoms with van der Waals surface area (Å²) in [6.07, 6.45) is 0.721. The van der Waals surface area contributed by atoms with Gasteiger partial charge in [0, 0.05) is 13.1 Å². The molecule has 0 aliphatic carbocycles. The topological polar surface area (TPSA) is 70.1 Å². The van der Waals surface area contributed by atoms with Crippen molar-refractivity contribution in [1.29, 1.82) is 5.26 Å². The molecule has 94 valence electrons. The number of amides is 1. The highest BCUT2D eigenvalue weighted by molar-refractivity contribution is 6.33. The second-order valence-corrected chi connectivity index (χ2v) is 5.28. The molecule has 5 heteroatoms. The van der Waals surface area contributed by atoms with E-state index in [0.29, 0.717) is 17.1 Å². The van der Waals surface area contributed by atoms with Crippen molar-refractivity contribution in [3.8, 4) is 6.07 Å². The van der Waals surface area contributed by atoms with Crippen molar-refractivity contribution in [2.45, 2.75) is 13.3 Å². The highest BCUT2D eigenvalue weighted by Gasteiger charge is 2.39. The van der Waals surface area contributed by atoms with Crippen LogP contribution in [-0.2, 0) is 4.79 Å². The third kappa shape index (κ3) is 2.14. The molecule has 1 atom stereocenters. The summed E-state index contributed by atoms with van der Waals surface area (Å²) in [5, 5.41) is 9.32. The van der Waals surface area contributed by atoms with E-state index < -0.39 is 5.41 Å². The van der Waals surface area contributed by atoms with Gasteiger partial charge in [-0.15, -0.1) is 0 Å². The minimum Gasteiger partial charge on any atom is -0.369 e. The monoisotopic (exact) mass is 263 g/mol. The summed E-state index contributed by atoms with van der Waals surface area (Å²) in [5.41, 5.74) is 6.29. The highest BCUT2D eigenvalue weighted by atomic mass is 35.5. The van der Waals surface area contributed by atoms with E-state index in [1.54, 1.807) is 12.1 Å². The van der Waals surface area contributed by atoms with E-state index in [4.69, 9.17) is 22.6 Å². The Morgan fingerprint density at radius 1 is 1.61 bits per heavy atom. The Morgan fingerprint density at radius 3 is 2.83 bits per heavy atom. The van der Waals surface area contributed by atoms with Gasteiger partial charge in [0.2, 0.25) is 5.91 Å². The zero-order chi connectivity index (χ0) is 13.3. The van der Waals surface area contributed by atoms with Crippen LogP contribution in [0, 0.1) is 16.7 Å². The largest absolute Gasteiger partial charge is 0.369 e. The first-order chi connectivity index (χ1) is 8.46. The number of nitriles is 1. The Morgan fingerprint density at radius 2 is 2.33 bits per heavy atom. The van der Waals surface area contributed by atoms with Gasteiger partial charge in [-0.1, -0.05) is 11.6 Å². The molecule has 1 fully saturated rings. The summed E-state index contributed by atoms with van der Waals surface area (Å²) in [7, 11) is 0. The van der Waals surface area contributed by atoms with Gasteiger partial charge in [-0.2, -0.15) is 5.26 Å². The van der Waals surface area contributed by atoms with Crippen LogP contribution in [0.2, 0.25) is 5.02 Å². The van der Waals surface area contributed by atoms with Gasteiger partial charge in [-0.05, 0) is 31.5 Å². The molecule has 2 N–H and O–H groups in total. The van der Waals surface area contributed by atoms with E-state index in [-0.39, 0.29) is 5.91 Å². The molecule has 0 spiro atoms. The molecule has 1 aliphatic heterocycles. The number of hydrogen-bond donors (Lipinski definition) is 1. The predicted molar refractivity (Wildman–Crippen MR) is 70.3 cm³/mol. The molecule has 1 amide bonds. The maximum Gasteiger partial charge on any atom is 0.225 e. The number of nitrogens with zero attached hydrogens (tertiary/aromatic N) is 2. The molecule has 0 saturated carbocycles. The maximum absolute atomic E-state index is 11.4. The van der Waals surface area contributed by atoms with Crippen LogP contribution in [0.1, 0.15) is 18.9 Å². The number of nitrogens with two attached hydrogens (primary N) is 1. The fraction of sp³-hybridized carbons (Fsp3) is 0.385. The Balaban J connectivity index is 2.25. The summed E-state index contributed by atoms with van der Waals surface area (Å²) in [5.74, 6) is -0.283. The lowest BCUT2D eigenvalue weighted by Crippen LogP contribution is -2.37. The van der Waals surface area contributed by atoms with Gasteiger partial charge in [-0.3, -0.25) is 4.79 Å². The van der Waals surface area contributed by atoms with Crippen LogP contribution in [-0.4, -0.2) is 19.0 Å². The Labute approximate surface area is 111 Å². The fourth-order valence-corrected chi connectivity index (χ4v) is 2.50. The molecule has 0 radical (unpaired) electrons. The first-order valence-electron chi connectivity index (χ1n) is 5.71. The quantitative estimate of drug-likeness (QED) is 0.886. The molecule has 1 aromatic rings. The van der Waals surface area contributed by atoms with Crippen LogP contribution in [0.5, 0.6) is 0 Å². The van der Waals surface area contributed by atoms with Crippen molar-refractivity contribution in [2.24, 2.45) is 11.1 Å². The van der Waals surface area contributed by atoms with E-state index in [9.17, 15) is 4.79 Å². The second kappa shape index (κ2) is 4.51. The molecule has 4 nitrogen and oxygen atoms in total. The van der Waals surface area contributed by atoms with Gasteiger partial charge in [0.15, 0.2) is 0 Å². The zero-order valence-electron chi connectivity index (χ0n) is 10.1. The number of hydrogen-bond acceptors (Lipinski definition) is 3. The average molecular weight is 264 g/mol. The van der Waals surface area contributed by atoms with Gasteiger partial charge >= 0.3 is 0 Å². The van der Waals surface area contributed by atoms with Crippen molar-refractivity contribution in [3.63, 3.8) is 0 Å². The van der Waals surface area contributed by atoms with Gasteiger partial charge in [0.05, 0.1) is 27.8 Å².